The summed E-state index contributed by atoms with van der Waals surface area (Å²) in [6.45, 7) is 4.09. The molecule has 0 N–H and O–H groups in total. The molecule has 0 atom stereocenters. The molecule has 0 aliphatic carbocycles. The highest BCUT2D eigenvalue weighted by molar-refractivity contribution is 6.48. The fourth-order valence-electron chi connectivity index (χ4n) is 1.91. The number of hydrogen-bond acceptors (Lipinski definition) is 4. The molecule has 132 valence electrons. The number of carbonyl (C=O) groups excluding carboxylic acids is 2. The van der Waals surface area contributed by atoms with Crippen LogP contribution in [0.15, 0.2) is 36.4 Å². The lowest BCUT2D eigenvalue weighted by Crippen LogP contribution is -2.17. The van der Waals surface area contributed by atoms with Crippen LogP contribution < -0.4 is 4.74 Å². The molecule has 2 rings (SSSR count). The summed E-state index contributed by atoms with van der Waals surface area (Å²) in [4.78, 5) is 24.6. The molecule has 0 unspecified atom stereocenters. The number of benzene rings is 2. The molecule has 0 aromatic heterocycles. The van der Waals surface area contributed by atoms with Crippen molar-refractivity contribution in [2.45, 2.75) is 13.8 Å². The summed E-state index contributed by atoms with van der Waals surface area (Å²) < 4.78 is 10.4. The van der Waals surface area contributed by atoms with Crippen LogP contribution in [0.5, 0.6) is 5.75 Å². The van der Waals surface area contributed by atoms with Gasteiger partial charge in [-0.1, -0.05) is 60.8 Å². The van der Waals surface area contributed by atoms with Gasteiger partial charge in [0.15, 0.2) is 0 Å². The second-order valence-electron chi connectivity index (χ2n) is 5.63. The van der Waals surface area contributed by atoms with Gasteiger partial charge in [-0.2, -0.15) is 0 Å². The van der Waals surface area contributed by atoms with E-state index in [1.165, 1.54) is 24.3 Å². The topological polar surface area (TPSA) is 52.6 Å². The summed E-state index contributed by atoms with van der Waals surface area (Å²) >= 11 is 17.7. The van der Waals surface area contributed by atoms with E-state index in [0.717, 1.165) is 0 Å². The van der Waals surface area contributed by atoms with Crippen LogP contribution in [0.1, 0.15) is 34.6 Å². The molecular weight excluding hydrogens is 387 g/mol. The van der Waals surface area contributed by atoms with E-state index < -0.39 is 11.9 Å². The fourth-order valence-corrected chi connectivity index (χ4v) is 2.49. The third-order valence-electron chi connectivity index (χ3n) is 3.08. The van der Waals surface area contributed by atoms with Gasteiger partial charge in [-0.15, -0.1) is 0 Å². The molecule has 2 aromatic rings. The Morgan fingerprint density at radius 2 is 1.48 bits per heavy atom. The van der Waals surface area contributed by atoms with E-state index >= 15 is 0 Å². The minimum absolute atomic E-state index is 0.0819. The SMILES string of the molecule is CC(C)COC(=O)c1ccccc1C(=O)Oc1cc(Cl)c(Cl)c(Cl)c1. The highest BCUT2D eigenvalue weighted by atomic mass is 35.5. The van der Waals surface area contributed by atoms with E-state index in [-0.39, 0.29) is 44.5 Å². The number of hydrogen-bond donors (Lipinski definition) is 0. The predicted octanol–water partition coefficient (Wildman–Crippen LogP) is 5.68. The Labute approximate surface area is 160 Å². The van der Waals surface area contributed by atoms with Crippen LogP contribution in [-0.2, 0) is 4.74 Å². The smallest absolute Gasteiger partial charge is 0.344 e. The lowest BCUT2D eigenvalue weighted by molar-refractivity contribution is 0.0452. The highest BCUT2D eigenvalue weighted by Gasteiger charge is 2.20. The molecule has 0 radical (unpaired) electrons. The van der Waals surface area contributed by atoms with Gasteiger partial charge in [0.05, 0.1) is 32.8 Å². The first-order valence-electron chi connectivity index (χ1n) is 7.42. The van der Waals surface area contributed by atoms with E-state index in [4.69, 9.17) is 44.3 Å². The normalized spacial score (nSPS) is 10.6. The van der Waals surface area contributed by atoms with Crippen molar-refractivity contribution in [3.63, 3.8) is 0 Å². The second-order valence-corrected chi connectivity index (χ2v) is 6.82. The zero-order chi connectivity index (χ0) is 18.6. The maximum absolute atomic E-state index is 12.4. The van der Waals surface area contributed by atoms with E-state index in [1.807, 2.05) is 13.8 Å². The summed E-state index contributed by atoms with van der Waals surface area (Å²) in [5, 5.41) is 0.476. The van der Waals surface area contributed by atoms with Crippen molar-refractivity contribution in [1.29, 1.82) is 0 Å². The lowest BCUT2D eigenvalue weighted by Gasteiger charge is -2.11. The first-order chi connectivity index (χ1) is 11.8. The fraction of sp³-hybridized carbons (Fsp3) is 0.222. The monoisotopic (exact) mass is 400 g/mol. The largest absolute Gasteiger partial charge is 0.462 e. The number of carbonyl (C=O) groups is 2. The van der Waals surface area contributed by atoms with Gasteiger partial charge >= 0.3 is 11.9 Å². The van der Waals surface area contributed by atoms with Gasteiger partial charge in [-0.25, -0.2) is 9.59 Å². The van der Waals surface area contributed by atoms with Crippen LogP contribution in [0, 0.1) is 5.92 Å². The van der Waals surface area contributed by atoms with Gasteiger partial charge in [0.1, 0.15) is 5.75 Å². The second kappa shape index (κ2) is 8.56. The molecule has 0 saturated carbocycles. The highest BCUT2D eigenvalue weighted by Crippen LogP contribution is 2.34. The van der Waals surface area contributed by atoms with Gasteiger partial charge < -0.3 is 9.47 Å². The van der Waals surface area contributed by atoms with E-state index in [2.05, 4.69) is 0 Å². The van der Waals surface area contributed by atoms with Crippen molar-refractivity contribution in [1.82, 2.24) is 0 Å². The summed E-state index contributed by atoms with van der Waals surface area (Å²) in [6.07, 6.45) is 0. The Morgan fingerprint density at radius 3 is 2.00 bits per heavy atom. The van der Waals surface area contributed by atoms with Gasteiger partial charge in [0.2, 0.25) is 0 Å². The maximum atomic E-state index is 12.4. The molecular formula is C18H15Cl3O4. The molecule has 25 heavy (non-hydrogen) atoms. The van der Waals surface area contributed by atoms with Crippen LogP contribution in [-0.4, -0.2) is 18.5 Å². The molecule has 0 bridgehead atoms. The van der Waals surface area contributed by atoms with Crippen molar-refractivity contribution in [3.05, 3.63) is 62.6 Å². The molecule has 0 aliphatic rings. The number of ether oxygens (including phenoxy) is 2. The van der Waals surface area contributed by atoms with Gasteiger partial charge in [0.25, 0.3) is 0 Å². The number of esters is 2. The van der Waals surface area contributed by atoms with E-state index in [9.17, 15) is 9.59 Å². The average Bonchev–Trinajstić information content (AvgIpc) is 2.57. The minimum atomic E-state index is -0.730. The minimum Gasteiger partial charge on any atom is -0.462 e. The van der Waals surface area contributed by atoms with Gasteiger partial charge in [-0.05, 0) is 18.1 Å². The first kappa shape index (κ1) is 19.6. The molecule has 2 aromatic carbocycles. The van der Waals surface area contributed by atoms with Crippen molar-refractivity contribution < 1.29 is 19.1 Å². The number of halogens is 3. The zero-order valence-corrected chi connectivity index (χ0v) is 15.8. The Hall–Kier alpha value is -1.75. The summed E-state index contributed by atoms with van der Waals surface area (Å²) in [7, 11) is 0. The molecule has 0 amide bonds. The van der Waals surface area contributed by atoms with Crippen molar-refractivity contribution >= 4 is 46.7 Å². The van der Waals surface area contributed by atoms with Crippen molar-refractivity contribution in [3.8, 4) is 5.75 Å². The summed E-state index contributed by atoms with van der Waals surface area (Å²) in [6, 6.07) is 8.98. The number of rotatable bonds is 5. The Morgan fingerprint density at radius 1 is 0.960 bits per heavy atom. The average molecular weight is 402 g/mol. The van der Waals surface area contributed by atoms with E-state index in [0.29, 0.717) is 0 Å². The Kier molecular flexibility index (Phi) is 6.71. The van der Waals surface area contributed by atoms with Crippen LogP contribution in [0.25, 0.3) is 0 Å². The van der Waals surface area contributed by atoms with Crippen molar-refractivity contribution in [2.24, 2.45) is 5.92 Å². The summed E-state index contributed by atoms with van der Waals surface area (Å²) in [5.74, 6) is -1.02. The molecule has 7 heteroatoms. The van der Waals surface area contributed by atoms with Crippen LogP contribution in [0.4, 0.5) is 0 Å². The predicted molar refractivity (Wildman–Crippen MR) is 98.0 cm³/mol. The molecule has 0 aliphatic heterocycles. The maximum Gasteiger partial charge on any atom is 0.344 e. The Bertz CT molecular complexity index is 780. The van der Waals surface area contributed by atoms with E-state index in [1.54, 1.807) is 12.1 Å². The van der Waals surface area contributed by atoms with Crippen LogP contribution in [0.3, 0.4) is 0 Å². The summed E-state index contributed by atoms with van der Waals surface area (Å²) in [5.41, 5.74) is 0.206. The first-order valence-corrected chi connectivity index (χ1v) is 8.56. The lowest BCUT2D eigenvalue weighted by atomic mass is 10.1. The Balaban J connectivity index is 2.24. The molecule has 0 heterocycles. The molecule has 0 fully saturated rings. The third-order valence-corrected chi connectivity index (χ3v) is 4.28. The van der Waals surface area contributed by atoms with Gasteiger partial charge in [0, 0.05) is 12.1 Å². The zero-order valence-electron chi connectivity index (χ0n) is 13.5. The third kappa shape index (κ3) is 5.11. The molecule has 0 spiro atoms. The van der Waals surface area contributed by atoms with Crippen LogP contribution in [0.2, 0.25) is 15.1 Å². The molecule has 4 nitrogen and oxygen atoms in total. The quantitative estimate of drug-likeness (QED) is 0.367. The van der Waals surface area contributed by atoms with Crippen molar-refractivity contribution in [2.75, 3.05) is 6.61 Å². The van der Waals surface area contributed by atoms with Crippen LogP contribution >= 0.6 is 34.8 Å². The standard InChI is InChI=1S/C18H15Cl3O4/c1-10(2)9-24-17(22)12-5-3-4-6-13(12)18(23)25-11-7-14(19)16(21)15(20)8-11/h3-8,10H,9H2,1-2H3. The molecule has 0 saturated heterocycles. The van der Waals surface area contributed by atoms with Gasteiger partial charge in [-0.3, -0.25) is 0 Å².